The summed E-state index contributed by atoms with van der Waals surface area (Å²) in [6.07, 6.45) is -1.76. The van der Waals surface area contributed by atoms with Crippen LogP contribution < -0.4 is 10.6 Å². The minimum absolute atomic E-state index is 0.0844. The van der Waals surface area contributed by atoms with Crippen molar-refractivity contribution in [2.24, 2.45) is 0 Å². The molecule has 1 aromatic carbocycles. The van der Waals surface area contributed by atoms with Gasteiger partial charge in [0.1, 0.15) is 11.6 Å². The maximum absolute atomic E-state index is 13.3. The molecule has 7 nitrogen and oxygen atoms in total. The predicted octanol–water partition coefficient (Wildman–Crippen LogP) is 4.41. The van der Waals surface area contributed by atoms with Gasteiger partial charge in [-0.15, -0.1) is 0 Å². The zero-order valence-electron chi connectivity index (χ0n) is 16.7. The van der Waals surface area contributed by atoms with E-state index in [0.29, 0.717) is 6.07 Å². The minimum atomic E-state index is -4.79. The lowest BCUT2D eigenvalue weighted by atomic mass is 10.1. The molecule has 32 heavy (non-hydrogen) atoms. The molecular weight excluding hydrogens is 452 g/mol. The summed E-state index contributed by atoms with van der Waals surface area (Å²) in [4.78, 5) is 18.8. The second-order valence-electron chi connectivity index (χ2n) is 6.80. The Labute approximate surface area is 180 Å². The fraction of sp³-hybridized carbons (Fsp3) is 0.150. The lowest BCUT2D eigenvalue weighted by Gasteiger charge is -2.16. The number of nitrogens with zero attached hydrogens (tertiary/aromatic N) is 2. The molecule has 0 spiro atoms. The van der Waals surface area contributed by atoms with E-state index in [9.17, 15) is 30.8 Å². The van der Waals surface area contributed by atoms with Crippen LogP contribution in [0, 0.1) is 5.82 Å². The zero-order valence-corrected chi connectivity index (χ0v) is 17.5. The largest absolute Gasteiger partial charge is 0.416 e. The molecule has 0 saturated heterocycles. The van der Waals surface area contributed by atoms with Gasteiger partial charge in [0.25, 0.3) is 0 Å². The molecule has 0 unspecified atom stereocenters. The quantitative estimate of drug-likeness (QED) is 0.538. The third kappa shape index (κ3) is 5.58. The van der Waals surface area contributed by atoms with Crippen LogP contribution in [0.4, 0.5) is 34.8 Å². The zero-order chi connectivity index (χ0) is 23.7. The second kappa shape index (κ2) is 8.54. The van der Waals surface area contributed by atoms with Crippen LogP contribution >= 0.6 is 0 Å². The van der Waals surface area contributed by atoms with Crippen molar-refractivity contribution in [1.82, 2.24) is 9.97 Å². The average molecular weight is 468 g/mol. The normalized spacial score (nSPS) is 11.8. The number of carbonyl (C=O) groups is 1. The standard InChI is InChI=1S/C20H16F4N4O3S/c1-11(29)27-19-8-18(16(10-26-19)17-4-3-13(21)9-25-17)28-14-5-12(20(22,23)24)6-15(7-14)32(2,30)31/h3-10H,1-2H3,(H2,26,27,28,29). The molecule has 168 valence electrons. The first-order valence-corrected chi connectivity index (χ1v) is 10.8. The molecule has 0 aliphatic carbocycles. The highest BCUT2D eigenvalue weighted by atomic mass is 32.2. The van der Waals surface area contributed by atoms with Crippen molar-refractivity contribution >= 4 is 32.9 Å². The summed E-state index contributed by atoms with van der Waals surface area (Å²) < 4.78 is 77.1. The van der Waals surface area contributed by atoms with Crippen LogP contribution in [-0.2, 0) is 20.8 Å². The predicted molar refractivity (Wildman–Crippen MR) is 110 cm³/mol. The Morgan fingerprint density at radius 2 is 1.75 bits per heavy atom. The molecule has 3 rings (SSSR count). The lowest BCUT2D eigenvalue weighted by Crippen LogP contribution is -2.10. The second-order valence-corrected chi connectivity index (χ2v) is 8.81. The fourth-order valence-corrected chi connectivity index (χ4v) is 3.43. The molecule has 2 heterocycles. The van der Waals surface area contributed by atoms with Crippen LogP contribution in [0.1, 0.15) is 12.5 Å². The first kappa shape index (κ1) is 23.1. The van der Waals surface area contributed by atoms with Crippen molar-refractivity contribution in [3.63, 3.8) is 0 Å². The number of halogens is 4. The van der Waals surface area contributed by atoms with Gasteiger partial charge in [-0.1, -0.05) is 0 Å². The molecule has 12 heteroatoms. The summed E-state index contributed by atoms with van der Waals surface area (Å²) in [7, 11) is -3.95. The number of amides is 1. The Balaban J connectivity index is 2.16. The summed E-state index contributed by atoms with van der Waals surface area (Å²) >= 11 is 0. The number of hydrogen-bond donors (Lipinski definition) is 2. The fourth-order valence-electron chi connectivity index (χ4n) is 2.75. The van der Waals surface area contributed by atoms with Gasteiger partial charge in [-0.25, -0.2) is 17.8 Å². The molecular formula is C20H16F4N4O3S. The van der Waals surface area contributed by atoms with Gasteiger partial charge >= 0.3 is 6.18 Å². The van der Waals surface area contributed by atoms with E-state index in [1.165, 1.54) is 25.3 Å². The van der Waals surface area contributed by atoms with Gasteiger partial charge in [-0.3, -0.25) is 9.78 Å². The van der Waals surface area contributed by atoms with E-state index in [2.05, 4.69) is 20.6 Å². The molecule has 0 saturated carbocycles. The third-order valence-corrected chi connectivity index (χ3v) is 5.24. The molecule has 0 aliphatic rings. The van der Waals surface area contributed by atoms with Crippen molar-refractivity contribution in [3.8, 4) is 11.3 Å². The van der Waals surface area contributed by atoms with Gasteiger partial charge in [0.2, 0.25) is 5.91 Å². The maximum atomic E-state index is 13.3. The van der Waals surface area contributed by atoms with E-state index in [4.69, 9.17) is 0 Å². The van der Waals surface area contributed by atoms with Crippen molar-refractivity contribution in [2.45, 2.75) is 18.0 Å². The first-order chi connectivity index (χ1) is 14.8. The summed E-state index contributed by atoms with van der Waals surface area (Å²) in [6, 6.07) is 6.14. The van der Waals surface area contributed by atoms with Crippen molar-refractivity contribution in [3.05, 3.63) is 60.2 Å². The van der Waals surface area contributed by atoms with E-state index >= 15 is 0 Å². The Kier molecular flexibility index (Phi) is 6.17. The molecule has 0 aliphatic heterocycles. The molecule has 0 radical (unpaired) electrons. The molecule has 0 bridgehead atoms. The van der Waals surface area contributed by atoms with Crippen LogP contribution in [0.5, 0.6) is 0 Å². The SMILES string of the molecule is CC(=O)Nc1cc(Nc2cc(C(F)(F)F)cc(S(C)(=O)=O)c2)c(-c2ccc(F)cn2)cn1. The molecule has 0 fully saturated rings. The minimum Gasteiger partial charge on any atom is -0.355 e. The number of hydrogen-bond acceptors (Lipinski definition) is 6. The lowest BCUT2D eigenvalue weighted by molar-refractivity contribution is -0.137. The summed E-state index contributed by atoms with van der Waals surface area (Å²) in [5, 5.41) is 5.18. The topological polar surface area (TPSA) is 101 Å². The van der Waals surface area contributed by atoms with Crippen molar-refractivity contribution < 1.29 is 30.8 Å². The Morgan fingerprint density at radius 1 is 1.03 bits per heavy atom. The number of aromatic nitrogens is 2. The summed E-state index contributed by atoms with van der Waals surface area (Å²) in [5.41, 5.74) is -0.672. The Morgan fingerprint density at radius 3 is 2.31 bits per heavy atom. The Hall–Kier alpha value is -3.54. The van der Waals surface area contributed by atoms with E-state index in [-0.39, 0.29) is 28.5 Å². The number of pyridine rings is 2. The number of sulfone groups is 1. The molecule has 0 atom stereocenters. The van der Waals surface area contributed by atoms with Gasteiger partial charge in [0.15, 0.2) is 9.84 Å². The Bertz CT molecular complexity index is 1280. The van der Waals surface area contributed by atoms with E-state index < -0.39 is 38.2 Å². The number of rotatable bonds is 5. The first-order valence-electron chi connectivity index (χ1n) is 8.92. The van der Waals surface area contributed by atoms with E-state index in [0.717, 1.165) is 30.7 Å². The molecule has 1 amide bonds. The molecule has 2 aromatic heterocycles. The van der Waals surface area contributed by atoms with E-state index in [1.54, 1.807) is 0 Å². The number of benzene rings is 1. The van der Waals surface area contributed by atoms with E-state index in [1.807, 2.05) is 0 Å². The summed E-state index contributed by atoms with van der Waals surface area (Å²) in [6.45, 7) is 1.25. The van der Waals surface area contributed by atoms with Crippen molar-refractivity contribution in [1.29, 1.82) is 0 Å². The summed E-state index contributed by atoms with van der Waals surface area (Å²) in [5.74, 6) is -0.947. The number of alkyl halides is 3. The van der Waals surface area contributed by atoms with Crippen LogP contribution in [0.15, 0.2) is 53.7 Å². The van der Waals surface area contributed by atoms with Gasteiger partial charge in [0.05, 0.1) is 28.0 Å². The smallest absolute Gasteiger partial charge is 0.355 e. The number of nitrogens with one attached hydrogen (secondary N) is 2. The van der Waals surface area contributed by atoms with Gasteiger partial charge in [0, 0.05) is 36.7 Å². The van der Waals surface area contributed by atoms with Gasteiger partial charge in [-0.2, -0.15) is 13.2 Å². The highest BCUT2D eigenvalue weighted by Gasteiger charge is 2.32. The van der Waals surface area contributed by atoms with Crippen molar-refractivity contribution in [2.75, 3.05) is 16.9 Å². The van der Waals surface area contributed by atoms with Crippen LogP contribution in [0.25, 0.3) is 11.3 Å². The van der Waals surface area contributed by atoms with Gasteiger partial charge < -0.3 is 10.6 Å². The van der Waals surface area contributed by atoms with Crippen LogP contribution in [0.2, 0.25) is 0 Å². The average Bonchev–Trinajstić information content (AvgIpc) is 2.67. The van der Waals surface area contributed by atoms with Gasteiger partial charge in [-0.05, 0) is 30.3 Å². The number of carbonyl (C=O) groups excluding carboxylic acids is 1. The molecule has 3 aromatic rings. The molecule has 2 N–H and O–H groups in total. The number of anilines is 3. The monoisotopic (exact) mass is 468 g/mol. The highest BCUT2D eigenvalue weighted by molar-refractivity contribution is 7.90. The maximum Gasteiger partial charge on any atom is 0.416 e. The van der Waals surface area contributed by atoms with Crippen LogP contribution in [0.3, 0.4) is 0 Å². The highest BCUT2D eigenvalue weighted by Crippen LogP contribution is 2.36. The van der Waals surface area contributed by atoms with Crippen LogP contribution in [-0.4, -0.2) is 30.5 Å². The third-order valence-electron chi connectivity index (χ3n) is 4.15.